The maximum atomic E-state index is 13.4. The third-order valence-electron chi connectivity index (χ3n) is 4.40. The zero-order chi connectivity index (χ0) is 19.8. The molecule has 0 radical (unpaired) electrons. The lowest BCUT2D eigenvalue weighted by Crippen LogP contribution is -2.45. The molecule has 144 valence electrons. The molecule has 2 aromatic rings. The first-order chi connectivity index (χ1) is 12.6. The van der Waals surface area contributed by atoms with Crippen LogP contribution in [0.25, 0.3) is 0 Å². The largest absolute Gasteiger partial charge is 0.380 e. The lowest BCUT2D eigenvalue weighted by molar-refractivity contribution is -0.0870. The van der Waals surface area contributed by atoms with Gasteiger partial charge in [0.1, 0.15) is 5.82 Å². The molecule has 1 fully saturated rings. The average molecular weight is 412 g/mol. The van der Waals surface area contributed by atoms with E-state index >= 15 is 0 Å². The van der Waals surface area contributed by atoms with Crippen molar-refractivity contribution in [2.75, 3.05) is 24.3 Å². The molecule has 1 aliphatic rings. The van der Waals surface area contributed by atoms with Crippen LogP contribution in [0.15, 0.2) is 41.3 Å². The van der Waals surface area contributed by atoms with Gasteiger partial charge in [0.15, 0.2) is 9.84 Å². The summed E-state index contributed by atoms with van der Waals surface area (Å²) in [5.74, 6) is -1.02. The number of amides is 1. The van der Waals surface area contributed by atoms with Gasteiger partial charge < -0.3 is 10.1 Å². The van der Waals surface area contributed by atoms with Crippen LogP contribution >= 0.6 is 11.6 Å². The highest BCUT2D eigenvalue weighted by atomic mass is 35.5. The number of carbonyl (C=O) groups is 1. The second-order valence-corrected chi connectivity index (χ2v) is 9.52. The summed E-state index contributed by atoms with van der Waals surface area (Å²) in [6, 6.07) is 8.20. The number of aryl methyl sites for hydroxylation is 1. The molecule has 8 heteroatoms. The van der Waals surface area contributed by atoms with Gasteiger partial charge in [-0.1, -0.05) is 18.5 Å². The van der Waals surface area contributed by atoms with Crippen LogP contribution in [0, 0.1) is 18.2 Å². The van der Waals surface area contributed by atoms with E-state index in [9.17, 15) is 17.6 Å². The molecule has 0 atom stereocenters. The van der Waals surface area contributed by atoms with Crippen molar-refractivity contribution in [1.82, 2.24) is 0 Å². The van der Waals surface area contributed by atoms with E-state index in [1.54, 1.807) is 6.92 Å². The first-order valence-corrected chi connectivity index (χ1v) is 10.3. The van der Waals surface area contributed by atoms with Crippen LogP contribution in [0.4, 0.5) is 10.1 Å². The van der Waals surface area contributed by atoms with Crippen LogP contribution in [0.1, 0.15) is 22.8 Å². The zero-order valence-corrected chi connectivity index (χ0v) is 16.5. The molecule has 1 heterocycles. The molecule has 1 N–H and O–H groups in total. The second-order valence-electron chi connectivity index (χ2n) is 7.12. The monoisotopic (exact) mass is 411 g/mol. The number of carbonyl (C=O) groups excluding carboxylic acids is 1. The van der Waals surface area contributed by atoms with E-state index in [1.807, 2.05) is 6.92 Å². The Morgan fingerprint density at radius 1 is 1.26 bits per heavy atom. The number of hydrogen-bond acceptors (Lipinski definition) is 4. The number of rotatable bonds is 5. The number of anilines is 1. The fourth-order valence-corrected chi connectivity index (χ4v) is 4.90. The Balaban J connectivity index is 1.86. The van der Waals surface area contributed by atoms with Crippen molar-refractivity contribution in [3.8, 4) is 0 Å². The Labute approximate surface area is 162 Å². The summed E-state index contributed by atoms with van der Waals surface area (Å²) in [6.45, 7) is 4.19. The van der Waals surface area contributed by atoms with Crippen molar-refractivity contribution < 1.29 is 22.3 Å². The van der Waals surface area contributed by atoms with E-state index < -0.39 is 21.2 Å². The van der Waals surface area contributed by atoms with Crippen LogP contribution in [0.5, 0.6) is 0 Å². The van der Waals surface area contributed by atoms with E-state index in [0.717, 1.165) is 0 Å². The van der Waals surface area contributed by atoms with Gasteiger partial charge in [-0.25, -0.2) is 12.8 Å². The Morgan fingerprint density at radius 3 is 2.56 bits per heavy atom. The molecular weight excluding hydrogens is 393 g/mol. The van der Waals surface area contributed by atoms with Gasteiger partial charge in [-0.15, -0.1) is 0 Å². The Bertz CT molecular complexity index is 1000. The van der Waals surface area contributed by atoms with Crippen molar-refractivity contribution in [1.29, 1.82) is 0 Å². The number of hydrogen-bond donors (Lipinski definition) is 1. The Kier molecular flexibility index (Phi) is 5.29. The fourth-order valence-electron chi connectivity index (χ4n) is 2.87. The van der Waals surface area contributed by atoms with Crippen molar-refractivity contribution in [2.24, 2.45) is 5.41 Å². The molecule has 0 saturated carbocycles. The molecule has 1 saturated heterocycles. The number of halogens is 2. The minimum Gasteiger partial charge on any atom is -0.380 e. The van der Waals surface area contributed by atoms with Gasteiger partial charge in [-0.2, -0.15) is 0 Å². The summed E-state index contributed by atoms with van der Waals surface area (Å²) < 4.78 is 43.9. The van der Waals surface area contributed by atoms with Crippen molar-refractivity contribution >= 4 is 33.0 Å². The highest BCUT2D eigenvalue weighted by Gasteiger charge is 2.38. The molecule has 0 unspecified atom stereocenters. The third kappa shape index (κ3) is 4.31. The molecule has 0 spiro atoms. The Hall–Kier alpha value is -1.96. The molecule has 2 aromatic carbocycles. The van der Waals surface area contributed by atoms with Crippen LogP contribution in [-0.4, -0.2) is 33.3 Å². The van der Waals surface area contributed by atoms with Crippen molar-refractivity contribution in [3.05, 3.63) is 58.4 Å². The Morgan fingerprint density at radius 2 is 1.96 bits per heavy atom. The van der Waals surface area contributed by atoms with Crippen molar-refractivity contribution in [3.63, 3.8) is 0 Å². The summed E-state index contributed by atoms with van der Waals surface area (Å²) in [7, 11) is -3.61. The van der Waals surface area contributed by atoms with Gasteiger partial charge in [-0.3, -0.25) is 4.79 Å². The number of nitrogens with one attached hydrogen (secondary N) is 1. The molecule has 5 nitrogen and oxygen atoms in total. The molecule has 0 bridgehead atoms. The molecule has 1 aliphatic heterocycles. The smallest absolute Gasteiger partial charge is 0.257 e. The maximum Gasteiger partial charge on any atom is 0.257 e. The van der Waals surface area contributed by atoms with E-state index in [-0.39, 0.29) is 27.1 Å². The van der Waals surface area contributed by atoms with Crippen LogP contribution in [0.3, 0.4) is 0 Å². The van der Waals surface area contributed by atoms with Gasteiger partial charge in [-0.05, 0) is 48.9 Å². The predicted molar refractivity (Wildman–Crippen MR) is 102 cm³/mol. The molecule has 27 heavy (non-hydrogen) atoms. The minimum absolute atomic E-state index is 0.0282. The second kappa shape index (κ2) is 7.22. The summed E-state index contributed by atoms with van der Waals surface area (Å²) in [5, 5.41) is 2.74. The topological polar surface area (TPSA) is 72.5 Å². The summed E-state index contributed by atoms with van der Waals surface area (Å²) in [6.07, 6.45) is 0. The quantitative estimate of drug-likeness (QED) is 0.811. The van der Waals surface area contributed by atoms with E-state index in [4.69, 9.17) is 16.3 Å². The van der Waals surface area contributed by atoms with E-state index in [1.165, 1.54) is 36.4 Å². The highest BCUT2D eigenvalue weighted by Crippen LogP contribution is 2.32. The number of benzene rings is 2. The molecule has 0 aliphatic carbocycles. The normalized spacial score (nSPS) is 15.9. The van der Waals surface area contributed by atoms with Crippen LogP contribution in [-0.2, 0) is 14.6 Å². The van der Waals surface area contributed by atoms with Crippen molar-refractivity contribution in [2.45, 2.75) is 18.7 Å². The van der Waals surface area contributed by atoms with Gasteiger partial charge in [0.2, 0.25) is 0 Å². The first kappa shape index (κ1) is 19.8. The standard InChI is InChI=1S/C19H19ClFNO4S/c1-12-7-13(3-6-17(12)21)22-18(23)15-8-14(4-5-16(15)20)27(24,25)11-19(2)9-26-10-19/h3-8H,9-11H2,1-2H3,(H,22,23). The van der Waals surface area contributed by atoms with Gasteiger partial charge in [0.25, 0.3) is 5.91 Å². The lowest BCUT2D eigenvalue weighted by Gasteiger charge is -2.37. The number of sulfone groups is 1. The first-order valence-electron chi connectivity index (χ1n) is 8.27. The summed E-state index contributed by atoms with van der Waals surface area (Å²) in [5.41, 5.74) is 0.385. The van der Waals surface area contributed by atoms with Gasteiger partial charge >= 0.3 is 0 Å². The minimum atomic E-state index is -3.61. The maximum absolute atomic E-state index is 13.4. The third-order valence-corrected chi connectivity index (χ3v) is 6.78. The average Bonchev–Trinajstić information content (AvgIpc) is 2.56. The fraction of sp³-hybridized carbons (Fsp3) is 0.316. The molecular formula is C19H19ClFNO4S. The summed E-state index contributed by atoms with van der Waals surface area (Å²) in [4.78, 5) is 12.6. The van der Waals surface area contributed by atoms with Crippen LogP contribution in [0.2, 0.25) is 5.02 Å². The van der Waals surface area contributed by atoms with Gasteiger partial charge in [0, 0.05) is 11.1 Å². The van der Waals surface area contributed by atoms with E-state index in [0.29, 0.717) is 24.5 Å². The summed E-state index contributed by atoms with van der Waals surface area (Å²) >= 11 is 6.10. The highest BCUT2D eigenvalue weighted by molar-refractivity contribution is 7.91. The molecule has 0 aromatic heterocycles. The van der Waals surface area contributed by atoms with Gasteiger partial charge in [0.05, 0.1) is 34.4 Å². The molecule has 1 amide bonds. The predicted octanol–water partition coefficient (Wildman–Crippen LogP) is 3.85. The zero-order valence-electron chi connectivity index (χ0n) is 14.9. The van der Waals surface area contributed by atoms with E-state index in [2.05, 4.69) is 5.32 Å². The SMILES string of the molecule is Cc1cc(NC(=O)c2cc(S(=O)(=O)CC3(C)COC3)ccc2Cl)ccc1F. The molecule has 3 rings (SSSR count). The lowest BCUT2D eigenvalue weighted by atomic mass is 9.92. The van der Waals surface area contributed by atoms with Crippen LogP contribution < -0.4 is 5.32 Å². The number of ether oxygens (including phenoxy) is 1.